The molecule has 154 valence electrons. The van der Waals surface area contributed by atoms with Crippen LogP contribution >= 0.6 is 23.1 Å². The minimum absolute atomic E-state index is 0.241. The van der Waals surface area contributed by atoms with Gasteiger partial charge in [0.15, 0.2) is 0 Å². The van der Waals surface area contributed by atoms with Crippen LogP contribution in [0.1, 0.15) is 19.3 Å². The maximum absolute atomic E-state index is 13.0. The molecule has 1 fully saturated rings. The molecule has 1 aliphatic rings. The maximum Gasteiger partial charge on any atom is 0.283 e. The molecule has 0 saturated carbocycles. The third kappa shape index (κ3) is 3.73. The summed E-state index contributed by atoms with van der Waals surface area (Å²) in [6, 6.07) is 8.61. The average molecular weight is 460 g/mol. The van der Waals surface area contributed by atoms with Crippen molar-refractivity contribution in [3.63, 3.8) is 0 Å². The Balaban J connectivity index is 1.41. The molecule has 0 radical (unpaired) electrons. The van der Waals surface area contributed by atoms with Gasteiger partial charge in [-0.3, -0.25) is 0 Å². The van der Waals surface area contributed by atoms with E-state index in [9.17, 15) is 8.42 Å². The van der Waals surface area contributed by atoms with Crippen molar-refractivity contribution >= 4 is 43.3 Å². The van der Waals surface area contributed by atoms with Gasteiger partial charge in [-0.2, -0.15) is 4.31 Å². The van der Waals surface area contributed by atoms with Gasteiger partial charge < -0.3 is 4.42 Å². The largest absolute Gasteiger partial charge is 0.411 e. The van der Waals surface area contributed by atoms with Crippen molar-refractivity contribution in [2.75, 3.05) is 13.1 Å². The third-order valence-corrected chi connectivity index (χ3v) is 8.42. The smallest absolute Gasteiger partial charge is 0.283 e. The van der Waals surface area contributed by atoms with Crippen molar-refractivity contribution in [1.82, 2.24) is 24.5 Å². The van der Waals surface area contributed by atoms with E-state index in [1.807, 2.05) is 11.4 Å². The topological polar surface area (TPSA) is 102 Å². The quantitative estimate of drug-likeness (QED) is 0.412. The summed E-state index contributed by atoms with van der Waals surface area (Å²) in [5.74, 6) is 0.267. The summed E-state index contributed by atoms with van der Waals surface area (Å²) >= 11 is 2.80. The molecule has 0 unspecified atom stereocenters. The first-order chi connectivity index (χ1) is 14.6. The SMILES string of the molecule is O=S(=O)(c1cccc(-c2nnc(Sc3ncnc4sccc34)o2)c1)N1CCCCC1. The van der Waals surface area contributed by atoms with Gasteiger partial charge in [0.05, 0.1) is 4.90 Å². The number of hydrogen-bond acceptors (Lipinski definition) is 9. The van der Waals surface area contributed by atoms with Crippen LogP contribution in [0, 0.1) is 0 Å². The van der Waals surface area contributed by atoms with Crippen molar-refractivity contribution in [3.8, 4) is 11.5 Å². The molecule has 0 spiro atoms. The minimum Gasteiger partial charge on any atom is -0.411 e. The molecule has 4 heterocycles. The first-order valence-electron chi connectivity index (χ1n) is 9.41. The number of benzene rings is 1. The van der Waals surface area contributed by atoms with Gasteiger partial charge in [0, 0.05) is 24.0 Å². The van der Waals surface area contributed by atoms with Gasteiger partial charge in [-0.15, -0.1) is 21.5 Å². The van der Waals surface area contributed by atoms with Gasteiger partial charge in [-0.05, 0) is 54.2 Å². The Morgan fingerprint density at radius 3 is 2.80 bits per heavy atom. The number of sulfonamides is 1. The Bertz CT molecular complexity index is 1300. The molecule has 8 nitrogen and oxygen atoms in total. The minimum atomic E-state index is -3.53. The summed E-state index contributed by atoms with van der Waals surface area (Å²) in [5.41, 5.74) is 0.566. The fourth-order valence-corrected chi connectivity index (χ4v) is 6.45. The summed E-state index contributed by atoms with van der Waals surface area (Å²) in [7, 11) is -3.53. The van der Waals surface area contributed by atoms with E-state index in [-0.39, 0.29) is 10.8 Å². The van der Waals surface area contributed by atoms with Crippen molar-refractivity contribution < 1.29 is 12.8 Å². The van der Waals surface area contributed by atoms with E-state index in [0.717, 1.165) is 34.5 Å². The fraction of sp³-hybridized carbons (Fsp3) is 0.263. The molecular formula is C19H17N5O3S3. The number of rotatable bonds is 5. The second-order valence-corrected chi connectivity index (χ2v) is 10.6. The Labute approximate surface area is 181 Å². The molecule has 1 saturated heterocycles. The van der Waals surface area contributed by atoms with Crippen molar-refractivity contribution in [2.24, 2.45) is 0 Å². The maximum atomic E-state index is 13.0. The first kappa shape index (κ1) is 19.6. The number of aromatic nitrogens is 4. The van der Waals surface area contributed by atoms with E-state index in [1.165, 1.54) is 29.4 Å². The first-order valence-corrected chi connectivity index (χ1v) is 12.5. The molecule has 30 heavy (non-hydrogen) atoms. The highest BCUT2D eigenvalue weighted by Gasteiger charge is 2.26. The number of hydrogen-bond donors (Lipinski definition) is 0. The molecule has 11 heteroatoms. The molecule has 0 N–H and O–H groups in total. The Morgan fingerprint density at radius 2 is 1.93 bits per heavy atom. The van der Waals surface area contributed by atoms with Crippen LogP contribution in [0.3, 0.4) is 0 Å². The Morgan fingerprint density at radius 1 is 1.07 bits per heavy atom. The molecule has 3 aromatic heterocycles. The summed E-state index contributed by atoms with van der Waals surface area (Å²) in [6.07, 6.45) is 4.36. The molecular weight excluding hydrogens is 442 g/mol. The number of nitrogens with zero attached hydrogens (tertiary/aromatic N) is 5. The predicted octanol–water partition coefficient (Wildman–Crippen LogP) is 4.07. The van der Waals surface area contributed by atoms with Crippen LogP contribution in [0.2, 0.25) is 0 Å². The zero-order valence-corrected chi connectivity index (χ0v) is 18.2. The lowest BCUT2D eigenvalue weighted by atomic mass is 10.2. The van der Waals surface area contributed by atoms with Crippen molar-refractivity contribution in [3.05, 3.63) is 42.0 Å². The highest BCUT2D eigenvalue weighted by atomic mass is 32.2. The van der Waals surface area contributed by atoms with E-state index >= 15 is 0 Å². The van der Waals surface area contributed by atoms with Crippen molar-refractivity contribution in [1.29, 1.82) is 0 Å². The predicted molar refractivity (Wildman–Crippen MR) is 114 cm³/mol. The molecule has 1 aliphatic heterocycles. The van der Waals surface area contributed by atoms with Crippen LogP contribution < -0.4 is 0 Å². The highest BCUT2D eigenvalue weighted by molar-refractivity contribution is 7.99. The second kappa shape index (κ2) is 8.06. The lowest BCUT2D eigenvalue weighted by Crippen LogP contribution is -2.35. The second-order valence-electron chi connectivity index (χ2n) is 6.79. The number of fused-ring (bicyclic) bond motifs is 1. The fourth-order valence-electron chi connectivity index (χ4n) is 3.34. The molecule has 1 aromatic carbocycles. The van der Waals surface area contributed by atoms with E-state index in [0.29, 0.717) is 23.9 Å². The summed E-state index contributed by atoms with van der Waals surface area (Å²) < 4.78 is 33.3. The van der Waals surface area contributed by atoms with Gasteiger partial charge in [-0.25, -0.2) is 18.4 Å². The average Bonchev–Trinajstić information content (AvgIpc) is 3.45. The zero-order valence-electron chi connectivity index (χ0n) is 15.8. The van der Waals surface area contributed by atoms with Crippen LogP contribution in [-0.2, 0) is 10.0 Å². The van der Waals surface area contributed by atoms with Crippen LogP contribution in [0.15, 0.2) is 61.6 Å². The molecule has 0 bridgehead atoms. The monoisotopic (exact) mass is 459 g/mol. The Hall–Kier alpha value is -2.34. The molecule has 0 amide bonds. The number of piperidine rings is 1. The van der Waals surface area contributed by atoms with Crippen LogP contribution in [-0.4, -0.2) is 46.0 Å². The van der Waals surface area contributed by atoms with Crippen LogP contribution in [0.25, 0.3) is 21.7 Å². The molecule has 0 aliphatic carbocycles. The van der Waals surface area contributed by atoms with Gasteiger partial charge in [-0.1, -0.05) is 12.5 Å². The van der Waals surface area contributed by atoms with E-state index in [4.69, 9.17) is 4.42 Å². The Kier molecular flexibility index (Phi) is 5.27. The normalized spacial score (nSPS) is 15.6. The van der Waals surface area contributed by atoms with E-state index in [2.05, 4.69) is 20.2 Å². The standard InChI is InChI=1S/C19H17N5O3S3/c25-30(26,24-8-2-1-3-9-24)14-6-4-5-13(11-14)16-22-23-19(27-16)29-18-15-7-10-28-17(15)20-12-21-18/h4-7,10-12H,1-3,8-9H2. The van der Waals surface area contributed by atoms with Gasteiger partial charge >= 0.3 is 0 Å². The van der Waals surface area contributed by atoms with Crippen molar-refractivity contribution in [2.45, 2.75) is 34.4 Å². The third-order valence-electron chi connectivity index (χ3n) is 4.85. The van der Waals surface area contributed by atoms with Crippen LogP contribution in [0.4, 0.5) is 0 Å². The summed E-state index contributed by atoms with van der Waals surface area (Å²) in [5, 5.41) is 12.1. The molecule has 4 aromatic rings. The molecule has 5 rings (SSSR count). The van der Waals surface area contributed by atoms with Gasteiger partial charge in [0.25, 0.3) is 5.22 Å². The summed E-state index contributed by atoms with van der Waals surface area (Å²) in [4.78, 5) is 9.67. The lowest BCUT2D eigenvalue weighted by molar-refractivity contribution is 0.346. The molecule has 0 atom stereocenters. The summed E-state index contributed by atoms with van der Waals surface area (Å²) in [6.45, 7) is 1.12. The van der Waals surface area contributed by atoms with Crippen LogP contribution in [0.5, 0.6) is 0 Å². The highest BCUT2D eigenvalue weighted by Crippen LogP contribution is 2.34. The van der Waals surface area contributed by atoms with E-state index in [1.54, 1.807) is 28.6 Å². The lowest BCUT2D eigenvalue weighted by Gasteiger charge is -2.25. The number of thiophene rings is 1. The van der Waals surface area contributed by atoms with Gasteiger partial charge in [0.2, 0.25) is 15.9 Å². The zero-order chi connectivity index (χ0) is 20.6. The van der Waals surface area contributed by atoms with Gasteiger partial charge in [0.1, 0.15) is 16.2 Å². The van der Waals surface area contributed by atoms with E-state index < -0.39 is 10.0 Å².